The maximum atomic E-state index is 13.8. The normalized spacial score (nSPS) is 16.9. The van der Waals surface area contributed by atoms with Crippen molar-refractivity contribution in [1.82, 2.24) is 14.8 Å². The summed E-state index contributed by atoms with van der Waals surface area (Å²) in [5, 5.41) is 9.49. The van der Waals surface area contributed by atoms with Gasteiger partial charge in [0.25, 0.3) is 0 Å². The fraction of sp³-hybridized carbons (Fsp3) is 0.324. The molecule has 1 N–H and O–H groups in total. The third-order valence-corrected chi connectivity index (χ3v) is 9.13. The molecule has 1 aliphatic heterocycles. The number of carbonyl (C=O) groups is 1. The van der Waals surface area contributed by atoms with Crippen LogP contribution in [0.5, 0.6) is 5.75 Å². The molecular formula is C34H35ClN4O3S. The fourth-order valence-electron chi connectivity index (χ4n) is 5.64. The third kappa shape index (κ3) is 6.92. The quantitative estimate of drug-likeness (QED) is 0.150. The number of fused-ring (bicyclic) bond motifs is 1. The minimum absolute atomic E-state index is 0.0570. The second-order valence-corrected chi connectivity index (χ2v) is 12.5. The molecule has 4 aromatic rings. The average molecular weight is 615 g/mol. The molecule has 0 saturated heterocycles. The predicted octanol–water partition coefficient (Wildman–Crippen LogP) is 8.28. The lowest BCUT2D eigenvalue weighted by Crippen LogP contribution is -2.32. The van der Waals surface area contributed by atoms with E-state index in [4.69, 9.17) is 31.2 Å². The number of aryl methyl sites for hydroxylation is 1. The summed E-state index contributed by atoms with van der Waals surface area (Å²) in [5.74, 6) is 1.65. The Labute approximate surface area is 261 Å². The van der Waals surface area contributed by atoms with E-state index in [1.54, 1.807) is 4.68 Å². The summed E-state index contributed by atoms with van der Waals surface area (Å²) in [4.78, 5) is 18.5. The van der Waals surface area contributed by atoms with Crippen LogP contribution in [0.2, 0.25) is 5.02 Å². The largest absolute Gasteiger partial charge is 0.489 e. The van der Waals surface area contributed by atoms with Crippen LogP contribution in [0.25, 0.3) is 0 Å². The monoisotopic (exact) mass is 614 g/mol. The smallest absolute Gasteiger partial charge is 0.338 e. The summed E-state index contributed by atoms with van der Waals surface area (Å²) in [6.07, 6.45) is 5.11. The van der Waals surface area contributed by atoms with Gasteiger partial charge in [-0.25, -0.2) is 9.48 Å². The van der Waals surface area contributed by atoms with Crippen molar-refractivity contribution < 1.29 is 14.3 Å². The second kappa shape index (κ2) is 13.3. The van der Waals surface area contributed by atoms with Crippen LogP contribution in [0.4, 0.5) is 5.95 Å². The molecule has 1 atom stereocenters. The average Bonchev–Trinajstić information content (AvgIpc) is 3.42. The van der Waals surface area contributed by atoms with Crippen LogP contribution in [-0.4, -0.2) is 26.8 Å². The molecule has 1 aliphatic carbocycles. The number of benzene rings is 3. The summed E-state index contributed by atoms with van der Waals surface area (Å²) < 4.78 is 13.9. The van der Waals surface area contributed by atoms with Gasteiger partial charge in [-0.15, -0.1) is 5.10 Å². The van der Waals surface area contributed by atoms with Gasteiger partial charge in [-0.1, -0.05) is 89.9 Å². The van der Waals surface area contributed by atoms with Crippen molar-refractivity contribution in [3.05, 3.63) is 111 Å². The molecule has 2 aliphatic rings. The number of rotatable bonds is 9. The third-order valence-electron chi connectivity index (χ3n) is 7.88. The number of hydrogen-bond donors (Lipinski definition) is 1. The Morgan fingerprint density at radius 3 is 2.58 bits per heavy atom. The number of nitrogens with one attached hydrogen (secondary N) is 1. The number of ether oxygens (including phenoxy) is 2. The fourth-order valence-corrected chi connectivity index (χ4v) is 6.75. The van der Waals surface area contributed by atoms with E-state index in [1.165, 1.54) is 23.7 Å². The van der Waals surface area contributed by atoms with E-state index >= 15 is 0 Å². The van der Waals surface area contributed by atoms with Crippen molar-refractivity contribution in [2.45, 2.75) is 75.6 Å². The lowest BCUT2D eigenvalue weighted by atomic mass is 9.95. The molecule has 43 heavy (non-hydrogen) atoms. The van der Waals surface area contributed by atoms with Crippen LogP contribution >= 0.6 is 23.4 Å². The second-order valence-electron chi connectivity index (χ2n) is 11.1. The molecule has 0 radical (unpaired) electrons. The Hall–Kier alpha value is -3.75. The summed E-state index contributed by atoms with van der Waals surface area (Å²) in [6, 6.07) is 23.4. The van der Waals surface area contributed by atoms with Crippen molar-refractivity contribution in [3.63, 3.8) is 0 Å². The van der Waals surface area contributed by atoms with Crippen LogP contribution in [-0.2, 0) is 21.9 Å². The highest BCUT2D eigenvalue weighted by Gasteiger charge is 2.36. The molecule has 0 amide bonds. The van der Waals surface area contributed by atoms with E-state index < -0.39 is 6.04 Å². The first-order chi connectivity index (χ1) is 20.9. The van der Waals surface area contributed by atoms with Crippen LogP contribution in [0.1, 0.15) is 67.3 Å². The molecule has 2 heterocycles. The molecule has 6 rings (SSSR count). The lowest BCUT2D eigenvalue weighted by Gasteiger charge is -2.30. The van der Waals surface area contributed by atoms with E-state index in [2.05, 4.69) is 30.4 Å². The number of anilines is 1. The van der Waals surface area contributed by atoms with Gasteiger partial charge in [0, 0.05) is 16.5 Å². The number of carbonyl (C=O) groups excluding carboxylic acids is 1. The Morgan fingerprint density at radius 2 is 1.81 bits per heavy atom. The zero-order valence-electron chi connectivity index (χ0n) is 24.4. The number of allylic oxidation sites excluding steroid dienone is 1. The molecule has 1 aromatic heterocycles. The highest BCUT2D eigenvalue weighted by Crippen LogP contribution is 2.38. The number of hydrogen-bond acceptors (Lipinski definition) is 7. The van der Waals surface area contributed by atoms with Crippen molar-refractivity contribution in [1.29, 1.82) is 0 Å². The Bertz CT molecular complexity index is 1630. The number of nitrogens with zero attached hydrogens (tertiary/aromatic N) is 3. The summed E-state index contributed by atoms with van der Waals surface area (Å²) >= 11 is 7.89. The molecule has 0 spiro atoms. The zero-order valence-corrected chi connectivity index (χ0v) is 26.0. The Morgan fingerprint density at radius 1 is 1.02 bits per heavy atom. The van der Waals surface area contributed by atoms with Gasteiger partial charge < -0.3 is 14.8 Å². The van der Waals surface area contributed by atoms with Crippen LogP contribution in [0.15, 0.2) is 89.2 Å². The molecule has 9 heteroatoms. The highest BCUT2D eigenvalue weighted by atomic mass is 35.5. The van der Waals surface area contributed by atoms with Crippen molar-refractivity contribution in [2.75, 3.05) is 5.32 Å². The minimum atomic E-state index is -0.500. The van der Waals surface area contributed by atoms with Gasteiger partial charge in [0.05, 0.1) is 5.57 Å². The zero-order chi connectivity index (χ0) is 29.8. The van der Waals surface area contributed by atoms with Crippen LogP contribution < -0.4 is 10.1 Å². The van der Waals surface area contributed by atoms with Gasteiger partial charge in [-0.2, -0.15) is 4.98 Å². The number of esters is 1. The summed E-state index contributed by atoms with van der Waals surface area (Å²) in [5.41, 5.74) is 5.48. The Balaban J connectivity index is 1.27. The first-order valence-electron chi connectivity index (χ1n) is 14.7. The standard InChI is InChI=1S/C34H35ClN4O3S/c1-22-9-8-10-24(19-22)20-41-27-17-15-25(16-18-27)31-30(32(40)42-28-12-4-3-5-13-28)23(2)36-33-37-34(38-39(31)33)43-21-26-11-6-7-14-29(26)35/h6-11,14-19,28,31H,3-5,12-13,20-21H2,1-2H3,(H,36,37,38). The number of thioether (sulfide) groups is 1. The first-order valence-corrected chi connectivity index (χ1v) is 16.1. The Kier molecular flexibility index (Phi) is 9.05. The number of aromatic nitrogens is 3. The van der Waals surface area contributed by atoms with Crippen LogP contribution in [0.3, 0.4) is 0 Å². The maximum absolute atomic E-state index is 13.8. The van der Waals surface area contributed by atoms with Crippen molar-refractivity contribution >= 4 is 35.3 Å². The summed E-state index contributed by atoms with van der Waals surface area (Å²) in [6.45, 7) is 4.45. The van der Waals surface area contributed by atoms with E-state index in [0.29, 0.717) is 39.8 Å². The molecular weight excluding hydrogens is 580 g/mol. The minimum Gasteiger partial charge on any atom is -0.489 e. The molecule has 3 aromatic carbocycles. The number of halogens is 1. The van der Waals surface area contributed by atoms with Gasteiger partial charge in [0.2, 0.25) is 11.1 Å². The van der Waals surface area contributed by atoms with Gasteiger partial charge in [0.1, 0.15) is 24.5 Å². The highest BCUT2D eigenvalue weighted by molar-refractivity contribution is 7.98. The van der Waals surface area contributed by atoms with E-state index in [0.717, 1.165) is 48.1 Å². The molecule has 1 unspecified atom stereocenters. The van der Waals surface area contributed by atoms with E-state index in [9.17, 15) is 4.79 Å². The SMILES string of the molecule is CC1=C(C(=O)OC2CCCCC2)C(c2ccc(OCc3cccc(C)c3)cc2)n2nc(SCc3ccccc3Cl)nc2N1. The maximum Gasteiger partial charge on any atom is 0.338 e. The van der Waals surface area contributed by atoms with Gasteiger partial charge >= 0.3 is 5.97 Å². The molecule has 1 saturated carbocycles. The first kappa shape index (κ1) is 29.3. The van der Waals surface area contributed by atoms with E-state index in [-0.39, 0.29) is 12.1 Å². The summed E-state index contributed by atoms with van der Waals surface area (Å²) in [7, 11) is 0. The van der Waals surface area contributed by atoms with Gasteiger partial charge in [0.15, 0.2) is 0 Å². The topological polar surface area (TPSA) is 78.3 Å². The molecule has 7 nitrogen and oxygen atoms in total. The lowest BCUT2D eigenvalue weighted by molar-refractivity contribution is -0.146. The van der Waals surface area contributed by atoms with Crippen molar-refractivity contribution in [3.8, 4) is 5.75 Å². The molecule has 1 fully saturated rings. The predicted molar refractivity (Wildman–Crippen MR) is 170 cm³/mol. The van der Waals surface area contributed by atoms with Crippen LogP contribution in [0, 0.1) is 6.92 Å². The molecule has 0 bridgehead atoms. The molecule has 222 valence electrons. The van der Waals surface area contributed by atoms with Gasteiger partial charge in [-0.05, 0) is 74.4 Å². The van der Waals surface area contributed by atoms with Gasteiger partial charge in [-0.3, -0.25) is 0 Å². The van der Waals surface area contributed by atoms with E-state index in [1.807, 2.05) is 61.5 Å². The van der Waals surface area contributed by atoms with Crippen molar-refractivity contribution in [2.24, 2.45) is 0 Å².